The van der Waals surface area contributed by atoms with Crippen molar-refractivity contribution in [3.8, 4) is 0 Å². The van der Waals surface area contributed by atoms with Gasteiger partial charge in [-0.25, -0.2) is 8.42 Å². The van der Waals surface area contributed by atoms with Crippen LogP contribution in [0, 0.1) is 20.8 Å². The predicted octanol–water partition coefficient (Wildman–Crippen LogP) is 5.44. The van der Waals surface area contributed by atoms with Crippen LogP contribution in [0.3, 0.4) is 0 Å². The highest BCUT2D eigenvalue weighted by molar-refractivity contribution is 9.10. The maximum absolute atomic E-state index is 13.8. The molecule has 33 heavy (non-hydrogen) atoms. The minimum atomic E-state index is -3.91. The zero-order valence-electron chi connectivity index (χ0n) is 19.3. The highest BCUT2D eigenvalue weighted by Crippen LogP contribution is 2.26. The maximum atomic E-state index is 13.8. The topological polar surface area (TPSA) is 66.5 Å². The van der Waals surface area contributed by atoms with Crippen molar-refractivity contribution in [3.05, 3.63) is 99.0 Å². The molecule has 0 aromatic heterocycles. The van der Waals surface area contributed by atoms with Crippen LogP contribution in [0.5, 0.6) is 0 Å². The monoisotopic (exact) mass is 528 g/mol. The van der Waals surface area contributed by atoms with Crippen molar-refractivity contribution in [1.82, 2.24) is 9.62 Å². The van der Waals surface area contributed by atoms with Crippen molar-refractivity contribution in [2.75, 3.05) is 6.54 Å². The van der Waals surface area contributed by atoms with Gasteiger partial charge in [-0.15, -0.1) is 0 Å². The molecule has 0 aliphatic rings. The molecule has 0 bridgehead atoms. The number of nitrogens with zero attached hydrogens (tertiary/aromatic N) is 1. The number of sulfonamides is 1. The Labute approximate surface area is 205 Å². The molecule has 0 unspecified atom stereocenters. The van der Waals surface area contributed by atoms with Crippen molar-refractivity contribution in [1.29, 1.82) is 0 Å². The lowest BCUT2D eigenvalue weighted by Crippen LogP contribution is -2.41. The van der Waals surface area contributed by atoms with E-state index in [2.05, 4.69) is 21.2 Å². The molecule has 174 valence electrons. The Morgan fingerprint density at radius 1 is 0.970 bits per heavy atom. The van der Waals surface area contributed by atoms with E-state index in [-0.39, 0.29) is 29.9 Å². The normalized spacial score (nSPS) is 12.5. The number of amides is 1. The predicted molar refractivity (Wildman–Crippen MR) is 135 cm³/mol. The van der Waals surface area contributed by atoms with E-state index < -0.39 is 10.0 Å². The van der Waals surface area contributed by atoms with Crippen LogP contribution in [0.15, 0.2) is 76.1 Å². The Bertz CT molecular complexity index is 1220. The number of carbonyl (C=O) groups is 1. The molecule has 0 radical (unpaired) electrons. The van der Waals surface area contributed by atoms with E-state index in [4.69, 9.17) is 0 Å². The third-order valence-corrected chi connectivity index (χ3v) is 8.04. The summed E-state index contributed by atoms with van der Waals surface area (Å²) < 4.78 is 29.7. The first-order valence-electron chi connectivity index (χ1n) is 10.7. The first-order valence-corrected chi connectivity index (χ1v) is 13.0. The molecule has 1 amide bonds. The maximum Gasteiger partial charge on any atom is 0.244 e. The number of hydrogen-bond donors (Lipinski definition) is 1. The smallest absolute Gasteiger partial charge is 0.244 e. The minimum Gasteiger partial charge on any atom is -0.348 e. The molecular formula is C26H29BrN2O3S. The van der Waals surface area contributed by atoms with Crippen LogP contribution < -0.4 is 5.32 Å². The Kier molecular flexibility index (Phi) is 8.10. The third-order valence-electron chi connectivity index (χ3n) is 5.45. The first-order chi connectivity index (χ1) is 15.6. The number of halogens is 1. The minimum absolute atomic E-state index is 0.106. The molecular weight excluding hydrogens is 500 g/mol. The third kappa shape index (κ3) is 6.31. The summed E-state index contributed by atoms with van der Waals surface area (Å²) in [5, 5.41) is 2.94. The zero-order valence-corrected chi connectivity index (χ0v) is 21.7. The molecule has 0 spiro atoms. The fourth-order valence-corrected chi connectivity index (χ4v) is 6.24. The molecule has 3 rings (SSSR count). The van der Waals surface area contributed by atoms with Gasteiger partial charge in [0.15, 0.2) is 0 Å². The van der Waals surface area contributed by atoms with Gasteiger partial charge in [0.25, 0.3) is 0 Å². The van der Waals surface area contributed by atoms with Gasteiger partial charge in [-0.1, -0.05) is 76.1 Å². The SMILES string of the molecule is Cc1cc(C)c(S(=O)(=O)N(CC(=O)N[C@@H](C)c2cccc(Br)c2)Cc2ccccc2)c(C)c1. The van der Waals surface area contributed by atoms with Crippen molar-refractivity contribution in [2.24, 2.45) is 0 Å². The highest BCUT2D eigenvalue weighted by atomic mass is 79.9. The van der Waals surface area contributed by atoms with E-state index in [0.29, 0.717) is 11.1 Å². The fourth-order valence-electron chi connectivity index (χ4n) is 4.02. The van der Waals surface area contributed by atoms with Gasteiger partial charge in [0, 0.05) is 11.0 Å². The Hall–Kier alpha value is -2.48. The fraction of sp³-hybridized carbons (Fsp3) is 0.269. The first kappa shape index (κ1) is 25.1. The van der Waals surface area contributed by atoms with Crippen molar-refractivity contribution >= 4 is 31.9 Å². The molecule has 3 aromatic rings. The quantitative estimate of drug-likeness (QED) is 0.423. The summed E-state index contributed by atoms with van der Waals surface area (Å²) in [4.78, 5) is 13.2. The second-order valence-corrected chi connectivity index (χ2v) is 11.1. The van der Waals surface area contributed by atoms with E-state index in [9.17, 15) is 13.2 Å². The second kappa shape index (κ2) is 10.6. The molecule has 0 aliphatic carbocycles. The number of rotatable bonds is 8. The Balaban J connectivity index is 1.91. The van der Waals surface area contributed by atoms with Gasteiger partial charge < -0.3 is 5.32 Å². The largest absolute Gasteiger partial charge is 0.348 e. The summed E-state index contributed by atoms with van der Waals surface area (Å²) in [7, 11) is -3.91. The molecule has 0 saturated carbocycles. The van der Waals surface area contributed by atoms with Crippen LogP contribution in [-0.4, -0.2) is 25.2 Å². The van der Waals surface area contributed by atoms with Crippen molar-refractivity contribution in [2.45, 2.75) is 45.2 Å². The number of carbonyl (C=O) groups excluding carboxylic acids is 1. The van der Waals surface area contributed by atoms with E-state index in [1.807, 2.05) is 80.6 Å². The van der Waals surface area contributed by atoms with Crippen LogP contribution in [0.2, 0.25) is 0 Å². The lowest BCUT2D eigenvalue weighted by molar-refractivity contribution is -0.122. The van der Waals surface area contributed by atoms with E-state index in [0.717, 1.165) is 21.2 Å². The molecule has 1 atom stereocenters. The van der Waals surface area contributed by atoms with Crippen LogP contribution in [-0.2, 0) is 21.4 Å². The van der Waals surface area contributed by atoms with Crippen LogP contribution in [0.4, 0.5) is 0 Å². The zero-order chi connectivity index (χ0) is 24.2. The highest BCUT2D eigenvalue weighted by Gasteiger charge is 2.30. The lowest BCUT2D eigenvalue weighted by Gasteiger charge is -2.25. The molecule has 0 saturated heterocycles. The number of aryl methyl sites for hydroxylation is 3. The van der Waals surface area contributed by atoms with Crippen LogP contribution in [0.1, 0.15) is 40.8 Å². The molecule has 5 nitrogen and oxygen atoms in total. The second-order valence-electron chi connectivity index (χ2n) is 8.33. The Morgan fingerprint density at radius 3 is 2.21 bits per heavy atom. The molecule has 7 heteroatoms. The molecule has 3 aromatic carbocycles. The summed E-state index contributed by atoms with van der Waals surface area (Å²) in [6.07, 6.45) is 0. The number of nitrogens with one attached hydrogen (secondary N) is 1. The summed E-state index contributed by atoms with van der Waals surface area (Å²) in [5.41, 5.74) is 4.10. The van der Waals surface area contributed by atoms with Gasteiger partial charge in [0.2, 0.25) is 15.9 Å². The van der Waals surface area contributed by atoms with Crippen molar-refractivity contribution < 1.29 is 13.2 Å². The average molecular weight is 530 g/mol. The van der Waals surface area contributed by atoms with E-state index in [1.54, 1.807) is 13.8 Å². The summed E-state index contributed by atoms with van der Waals surface area (Å²) in [6.45, 7) is 7.24. The van der Waals surface area contributed by atoms with Crippen LogP contribution in [0.25, 0.3) is 0 Å². The molecule has 0 heterocycles. The summed E-state index contributed by atoms with van der Waals surface area (Å²) in [6, 6.07) is 20.4. The van der Waals surface area contributed by atoms with E-state index in [1.165, 1.54) is 4.31 Å². The standard InChI is InChI=1S/C26H29BrN2O3S/c1-18-13-19(2)26(20(3)14-18)33(31,32)29(16-22-9-6-5-7-10-22)17-25(30)28-21(4)23-11-8-12-24(27)15-23/h5-15,21H,16-17H2,1-4H3,(H,28,30)/t21-/m0/s1. The molecule has 0 fully saturated rings. The van der Waals surface area contributed by atoms with Gasteiger partial charge in [-0.3, -0.25) is 4.79 Å². The van der Waals surface area contributed by atoms with Crippen LogP contribution >= 0.6 is 15.9 Å². The van der Waals surface area contributed by atoms with Gasteiger partial charge in [-0.2, -0.15) is 4.31 Å². The summed E-state index contributed by atoms with van der Waals surface area (Å²) >= 11 is 3.44. The van der Waals surface area contributed by atoms with Gasteiger partial charge in [0.05, 0.1) is 17.5 Å². The average Bonchev–Trinajstić information content (AvgIpc) is 2.73. The lowest BCUT2D eigenvalue weighted by atomic mass is 10.1. The van der Waals surface area contributed by atoms with E-state index >= 15 is 0 Å². The summed E-state index contributed by atoms with van der Waals surface area (Å²) in [5.74, 6) is -0.357. The van der Waals surface area contributed by atoms with Crippen molar-refractivity contribution in [3.63, 3.8) is 0 Å². The van der Waals surface area contributed by atoms with Gasteiger partial charge in [0.1, 0.15) is 0 Å². The number of benzene rings is 3. The Morgan fingerprint density at radius 2 is 1.61 bits per heavy atom. The van der Waals surface area contributed by atoms with Gasteiger partial charge in [-0.05, 0) is 62.1 Å². The van der Waals surface area contributed by atoms with Gasteiger partial charge >= 0.3 is 0 Å². The molecule has 0 aliphatic heterocycles. The number of hydrogen-bond acceptors (Lipinski definition) is 3. The molecule has 1 N–H and O–H groups in total.